The number of aryl methyl sites for hydroxylation is 1. The van der Waals surface area contributed by atoms with E-state index >= 15 is 0 Å². The highest BCUT2D eigenvalue weighted by Crippen LogP contribution is 2.37. The smallest absolute Gasteiger partial charge is 0.323 e. The lowest BCUT2D eigenvalue weighted by Gasteiger charge is -2.30. The number of para-hydroxylation sites is 1. The predicted octanol–water partition coefficient (Wildman–Crippen LogP) is 4.98. The van der Waals surface area contributed by atoms with Crippen molar-refractivity contribution in [2.24, 2.45) is 0 Å². The summed E-state index contributed by atoms with van der Waals surface area (Å²) in [6.45, 7) is 3.01. The zero-order valence-electron chi connectivity index (χ0n) is 13.2. The molecule has 0 saturated heterocycles. The molecule has 0 heterocycles. The summed E-state index contributed by atoms with van der Waals surface area (Å²) in [6.07, 6.45) is -5.89. The van der Waals surface area contributed by atoms with Crippen molar-refractivity contribution in [3.63, 3.8) is 0 Å². The Balaban J connectivity index is 2.40. The maximum atomic E-state index is 13.7. The first-order valence-corrected chi connectivity index (χ1v) is 7.32. The Morgan fingerprint density at radius 3 is 2.17 bits per heavy atom. The van der Waals surface area contributed by atoms with Gasteiger partial charge < -0.3 is 5.32 Å². The van der Waals surface area contributed by atoms with E-state index in [1.54, 1.807) is 19.1 Å². The van der Waals surface area contributed by atoms with Gasteiger partial charge in [-0.3, -0.25) is 4.79 Å². The Morgan fingerprint density at radius 1 is 1.04 bits per heavy atom. The summed E-state index contributed by atoms with van der Waals surface area (Å²) >= 11 is 0. The molecule has 2 aromatic carbocycles. The molecule has 0 aromatic heterocycles. The van der Waals surface area contributed by atoms with E-state index in [2.05, 4.69) is 5.32 Å². The molecule has 6 heteroatoms. The van der Waals surface area contributed by atoms with Crippen molar-refractivity contribution >= 4 is 11.6 Å². The van der Waals surface area contributed by atoms with Crippen molar-refractivity contribution in [2.45, 2.75) is 31.9 Å². The third-order valence-electron chi connectivity index (χ3n) is 3.87. The molecule has 2 rings (SSSR count). The number of nitrogens with one attached hydrogen (secondary N) is 1. The number of benzene rings is 2. The summed E-state index contributed by atoms with van der Waals surface area (Å²) in [7, 11) is 0. The fourth-order valence-electron chi connectivity index (χ4n) is 2.46. The molecule has 1 unspecified atom stereocenters. The van der Waals surface area contributed by atoms with Gasteiger partial charge in [0.15, 0.2) is 0 Å². The van der Waals surface area contributed by atoms with Crippen LogP contribution in [0.4, 0.5) is 23.2 Å². The van der Waals surface area contributed by atoms with Crippen LogP contribution in [-0.2, 0) is 10.2 Å². The normalized spacial score (nSPS) is 14.1. The minimum absolute atomic E-state index is 0.150. The van der Waals surface area contributed by atoms with Crippen molar-refractivity contribution in [1.29, 1.82) is 0 Å². The van der Waals surface area contributed by atoms with Gasteiger partial charge in [-0.1, -0.05) is 42.0 Å². The van der Waals surface area contributed by atoms with Gasteiger partial charge in [0, 0.05) is 0 Å². The number of halogens is 4. The van der Waals surface area contributed by atoms with Crippen molar-refractivity contribution < 1.29 is 22.4 Å². The van der Waals surface area contributed by atoms with Crippen LogP contribution in [0.3, 0.4) is 0 Å². The van der Waals surface area contributed by atoms with Crippen LogP contribution in [0.1, 0.15) is 24.5 Å². The summed E-state index contributed by atoms with van der Waals surface area (Å²) in [5.41, 5.74) is -0.932. The molecule has 0 aliphatic heterocycles. The van der Waals surface area contributed by atoms with Gasteiger partial charge in [-0.05, 0) is 31.5 Å². The van der Waals surface area contributed by atoms with Crippen molar-refractivity contribution in [1.82, 2.24) is 0 Å². The molecule has 0 aliphatic carbocycles. The zero-order valence-corrected chi connectivity index (χ0v) is 13.2. The molecule has 0 fully saturated rings. The fraction of sp³-hybridized carbons (Fsp3) is 0.278. The zero-order chi connectivity index (χ0) is 18.0. The first-order chi connectivity index (χ1) is 11.1. The molecule has 0 spiro atoms. The largest absolute Gasteiger partial charge is 0.390 e. The van der Waals surface area contributed by atoms with Crippen molar-refractivity contribution in [3.05, 3.63) is 65.5 Å². The molecule has 1 amide bonds. The van der Waals surface area contributed by atoms with E-state index in [4.69, 9.17) is 0 Å². The average Bonchev–Trinajstić information content (AvgIpc) is 2.48. The second kappa shape index (κ2) is 6.63. The summed E-state index contributed by atoms with van der Waals surface area (Å²) in [6, 6.07) is 11.6. The quantitative estimate of drug-likeness (QED) is 0.782. The van der Waals surface area contributed by atoms with Gasteiger partial charge in [0.2, 0.25) is 5.91 Å². The molecule has 1 N–H and O–H groups in total. The lowest BCUT2D eigenvalue weighted by atomic mass is 9.78. The van der Waals surface area contributed by atoms with Crippen LogP contribution in [0.15, 0.2) is 48.5 Å². The van der Waals surface area contributed by atoms with Gasteiger partial charge in [-0.15, -0.1) is 0 Å². The maximum Gasteiger partial charge on any atom is 0.390 e. The highest BCUT2D eigenvalue weighted by atomic mass is 19.4. The third kappa shape index (κ3) is 4.13. The molecular weight excluding hydrogens is 322 g/mol. The Morgan fingerprint density at radius 2 is 1.62 bits per heavy atom. The van der Waals surface area contributed by atoms with Gasteiger partial charge in [0.1, 0.15) is 5.82 Å². The monoisotopic (exact) mass is 339 g/mol. The molecule has 2 nitrogen and oxygen atoms in total. The maximum absolute atomic E-state index is 13.7. The number of hydrogen-bond donors (Lipinski definition) is 1. The highest BCUT2D eigenvalue weighted by molar-refractivity contribution is 5.99. The topological polar surface area (TPSA) is 29.1 Å². The van der Waals surface area contributed by atoms with Crippen LogP contribution in [0, 0.1) is 12.7 Å². The number of amides is 1. The third-order valence-corrected chi connectivity index (χ3v) is 3.87. The van der Waals surface area contributed by atoms with Gasteiger partial charge >= 0.3 is 6.18 Å². The number of alkyl halides is 3. The molecule has 0 saturated carbocycles. The van der Waals surface area contributed by atoms with Crippen LogP contribution < -0.4 is 5.32 Å². The summed E-state index contributed by atoms with van der Waals surface area (Å²) in [5, 5.41) is 2.27. The molecule has 0 bridgehead atoms. The predicted molar refractivity (Wildman–Crippen MR) is 84.2 cm³/mol. The first-order valence-electron chi connectivity index (χ1n) is 7.32. The van der Waals surface area contributed by atoms with Crippen LogP contribution in [0.2, 0.25) is 0 Å². The fourth-order valence-corrected chi connectivity index (χ4v) is 2.46. The van der Waals surface area contributed by atoms with Gasteiger partial charge in [-0.25, -0.2) is 4.39 Å². The molecular formula is C18H17F4NO. The standard InChI is InChI=1S/C18H17F4NO/c1-12-7-9-13(10-8-12)17(2,11-18(20,21)22)16(24)23-15-6-4-3-5-14(15)19/h3-10H,11H2,1-2H3,(H,23,24). The number of rotatable bonds is 4. The van der Waals surface area contributed by atoms with E-state index in [1.807, 2.05) is 0 Å². The van der Waals surface area contributed by atoms with E-state index in [0.717, 1.165) is 11.6 Å². The second-order valence-electron chi connectivity index (χ2n) is 5.92. The number of carbonyl (C=O) groups excluding carboxylic acids is 1. The summed E-state index contributed by atoms with van der Waals surface area (Å²) < 4.78 is 52.8. The van der Waals surface area contributed by atoms with Crippen LogP contribution in [-0.4, -0.2) is 12.1 Å². The first kappa shape index (κ1) is 18.0. The number of anilines is 1. The van der Waals surface area contributed by atoms with E-state index in [0.29, 0.717) is 0 Å². The van der Waals surface area contributed by atoms with Gasteiger partial charge in [0.25, 0.3) is 0 Å². The van der Waals surface area contributed by atoms with E-state index in [9.17, 15) is 22.4 Å². The minimum atomic E-state index is -4.55. The van der Waals surface area contributed by atoms with E-state index in [-0.39, 0.29) is 11.3 Å². The lowest BCUT2D eigenvalue weighted by Crippen LogP contribution is -2.41. The SMILES string of the molecule is Cc1ccc(C(C)(CC(F)(F)F)C(=O)Nc2ccccc2F)cc1. The molecule has 24 heavy (non-hydrogen) atoms. The Hall–Kier alpha value is -2.37. The molecule has 1 atom stereocenters. The van der Waals surface area contributed by atoms with E-state index < -0.39 is 29.7 Å². The van der Waals surface area contributed by atoms with Gasteiger partial charge in [-0.2, -0.15) is 13.2 Å². The number of carbonyl (C=O) groups is 1. The molecule has 0 aliphatic rings. The summed E-state index contributed by atoms with van der Waals surface area (Å²) in [4.78, 5) is 12.6. The number of hydrogen-bond acceptors (Lipinski definition) is 1. The second-order valence-corrected chi connectivity index (χ2v) is 5.92. The molecule has 0 radical (unpaired) electrons. The minimum Gasteiger partial charge on any atom is -0.323 e. The molecule has 128 valence electrons. The highest BCUT2D eigenvalue weighted by Gasteiger charge is 2.45. The Bertz CT molecular complexity index is 725. The van der Waals surface area contributed by atoms with Crippen LogP contribution in [0.5, 0.6) is 0 Å². The van der Waals surface area contributed by atoms with Gasteiger partial charge in [0.05, 0.1) is 17.5 Å². The van der Waals surface area contributed by atoms with E-state index in [1.165, 1.54) is 37.3 Å². The Kier molecular flexibility index (Phi) is 4.96. The van der Waals surface area contributed by atoms with Crippen molar-refractivity contribution in [3.8, 4) is 0 Å². The molecule has 2 aromatic rings. The van der Waals surface area contributed by atoms with Crippen molar-refractivity contribution in [2.75, 3.05) is 5.32 Å². The van der Waals surface area contributed by atoms with Crippen LogP contribution in [0.25, 0.3) is 0 Å². The summed E-state index contributed by atoms with van der Waals surface area (Å²) in [5.74, 6) is -1.61. The van der Waals surface area contributed by atoms with Crippen LogP contribution >= 0.6 is 0 Å². The lowest BCUT2D eigenvalue weighted by molar-refractivity contribution is -0.155. The average molecular weight is 339 g/mol. The Labute approximate surface area is 137 Å².